The fourth-order valence-corrected chi connectivity index (χ4v) is 1.86. The average molecular weight is 308 g/mol. The van der Waals surface area contributed by atoms with Crippen molar-refractivity contribution in [2.24, 2.45) is 0 Å². The Morgan fingerprint density at radius 1 is 1.24 bits per heavy atom. The highest BCUT2D eigenvalue weighted by Crippen LogP contribution is 2.19. The second-order valence-electron chi connectivity index (χ2n) is 4.66. The first-order chi connectivity index (χ1) is 9.95. The molecule has 1 atom stereocenters. The summed E-state index contributed by atoms with van der Waals surface area (Å²) >= 11 is 5.78. The Kier molecular flexibility index (Phi) is 4.81. The first kappa shape index (κ1) is 15.3. The van der Waals surface area contributed by atoms with E-state index < -0.39 is 11.9 Å². The molecular formula is C16H15ClFNO2. The molecule has 0 aliphatic rings. The number of rotatable bonds is 4. The van der Waals surface area contributed by atoms with Gasteiger partial charge in [0.15, 0.2) is 6.10 Å². The highest BCUT2D eigenvalue weighted by atomic mass is 35.5. The number of carbonyl (C=O) groups is 1. The van der Waals surface area contributed by atoms with Crippen LogP contribution >= 0.6 is 11.6 Å². The number of halogens is 2. The highest BCUT2D eigenvalue weighted by molar-refractivity contribution is 6.30. The monoisotopic (exact) mass is 307 g/mol. The zero-order valence-electron chi connectivity index (χ0n) is 11.7. The summed E-state index contributed by atoms with van der Waals surface area (Å²) in [7, 11) is 0. The van der Waals surface area contributed by atoms with Crippen molar-refractivity contribution in [3.05, 3.63) is 58.9 Å². The predicted octanol–water partition coefficient (Wildman–Crippen LogP) is 4.19. The Morgan fingerprint density at radius 3 is 2.57 bits per heavy atom. The first-order valence-corrected chi connectivity index (χ1v) is 6.83. The van der Waals surface area contributed by atoms with Gasteiger partial charge in [-0.3, -0.25) is 4.79 Å². The molecule has 110 valence electrons. The second kappa shape index (κ2) is 6.59. The number of nitrogens with one attached hydrogen (secondary N) is 1. The molecule has 2 aromatic carbocycles. The molecule has 0 spiro atoms. The molecule has 5 heteroatoms. The van der Waals surface area contributed by atoms with Crippen molar-refractivity contribution < 1.29 is 13.9 Å². The van der Waals surface area contributed by atoms with E-state index in [0.29, 0.717) is 16.5 Å². The zero-order valence-corrected chi connectivity index (χ0v) is 12.4. The maximum Gasteiger partial charge on any atom is 0.265 e. The number of anilines is 1. The van der Waals surface area contributed by atoms with Crippen molar-refractivity contribution in [2.75, 3.05) is 5.32 Å². The summed E-state index contributed by atoms with van der Waals surface area (Å²) in [5.74, 6) is -0.209. The van der Waals surface area contributed by atoms with E-state index in [1.807, 2.05) is 0 Å². The number of benzene rings is 2. The summed E-state index contributed by atoms with van der Waals surface area (Å²) in [6, 6.07) is 11.0. The molecule has 2 rings (SSSR count). The van der Waals surface area contributed by atoms with Gasteiger partial charge in [0.1, 0.15) is 11.6 Å². The third kappa shape index (κ3) is 4.20. The second-order valence-corrected chi connectivity index (χ2v) is 5.10. The van der Waals surface area contributed by atoms with Gasteiger partial charge in [0.25, 0.3) is 5.91 Å². The lowest BCUT2D eigenvalue weighted by Crippen LogP contribution is -2.30. The minimum Gasteiger partial charge on any atom is -0.481 e. The summed E-state index contributed by atoms with van der Waals surface area (Å²) in [5, 5.41) is 3.24. The van der Waals surface area contributed by atoms with E-state index in [4.69, 9.17) is 16.3 Å². The maximum absolute atomic E-state index is 13.2. The molecule has 21 heavy (non-hydrogen) atoms. The van der Waals surface area contributed by atoms with Crippen LogP contribution in [0.2, 0.25) is 5.02 Å². The molecule has 0 heterocycles. The van der Waals surface area contributed by atoms with Crippen molar-refractivity contribution in [3.8, 4) is 5.75 Å². The van der Waals surface area contributed by atoms with E-state index in [1.54, 1.807) is 44.2 Å². The van der Waals surface area contributed by atoms with Crippen LogP contribution in [-0.4, -0.2) is 12.0 Å². The average Bonchev–Trinajstić information content (AvgIpc) is 2.45. The minimum atomic E-state index is -0.714. The number of hydrogen-bond donors (Lipinski definition) is 1. The van der Waals surface area contributed by atoms with Gasteiger partial charge in [-0.15, -0.1) is 0 Å². The fraction of sp³-hybridized carbons (Fsp3) is 0.188. The van der Waals surface area contributed by atoms with Gasteiger partial charge in [0.2, 0.25) is 0 Å². The fourth-order valence-electron chi connectivity index (χ4n) is 1.73. The number of hydrogen-bond acceptors (Lipinski definition) is 2. The smallest absolute Gasteiger partial charge is 0.265 e. The van der Waals surface area contributed by atoms with Crippen LogP contribution in [0.4, 0.5) is 10.1 Å². The molecule has 0 fully saturated rings. The van der Waals surface area contributed by atoms with Crippen LogP contribution in [0.15, 0.2) is 42.5 Å². The normalized spacial score (nSPS) is 11.8. The van der Waals surface area contributed by atoms with Crippen LogP contribution < -0.4 is 10.1 Å². The number of ether oxygens (including phenoxy) is 1. The molecule has 0 aliphatic heterocycles. The predicted molar refractivity (Wildman–Crippen MR) is 81.3 cm³/mol. The minimum absolute atomic E-state index is 0.348. The zero-order chi connectivity index (χ0) is 15.4. The van der Waals surface area contributed by atoms with E-state index in [9.17, 15) is 9.18 Å². The molecule has 0 aliphatic carbocycles. The van der Waals surface area contributed by atoms with Gasteiger partial charge in [-0.2, -0.15) is 0 Å². The molecule has 0 saturated heterocycles. The highest BCUT2D eigenvalue weighted by Gasteiger charge is 2.16. The van der Waals surface area contributed by atoms with E-state index in [-0.39, 0.29) is 5.91 Å². The quantitative estimate of drug-likeness (QED) is 0.919. The molecule has 0 unspecified atom stereocenters. The number of aryl methyl sites for hydroxylation is 1. The first-order valence-electron chi connectivity index (χ1n) is 6.45. The van der Waals surface area contributed by atoms with Gasteiger partial charge in [0.05, 0.1) is 0 Å². The lowest BCUT2D eigenvalue weighted by molar-refractivity contribution is -0.122. The molecule has 1 amide bonds. The van der Waals surface area contributed by atoms with Gasteiger partial charge in [0, 0.05) is 10.7 Å². The van der Waals surface area contributed by atoms with Crippen molar-refractivity contribution in [1.82, 2.24) is 0 Å². The third-order valence-corrected chi connectivity index (χ3v) is 3.21. The molecule has 0 radical (unpaired) electrons. The Morgan fingerprint density at radius 2 is 1.90 bits per heavy atom. The van der Waals surface area contributed by atoms with Gasteiger partial charge >= 0.3 is 0 Å². The van der Waals surface area contributed by atoms with Gasteiger partial charge in [-0.1, -0.05) is 17.7 Å². The van der Waals surface area contributed by atoms with Gasteiger partial charge < -0.3 is 10.1 Å². The molecule has 0 saturated carbocycles. The molecule has 0 aromatic heterocycles. The van der Waals surface area contributed by atoms with Gasteiger partial charge in [-0.05, 0) is 55.8 Å². The number of amides is 1. The molecule has 2 aromatic rings. The Balaban J connectivity index is 2.02. The lowest BCUT2D eigenvalue weighted by Gasteiger charge is -2.15. The summed E-state index contributed by atoms with van der Waals surface area (Å²) in [5.41, 5.74) is 1.22. The lowest BCUT2D eigenvalue weighted by atomic mass is 10.2. The van der Waals surface area contributed by atoms with E-state index in [0.717, 1.165) is 5.56 Å². The van der Waals surface area contributed by atoms with Crippen LogP contribution in [0.3, 0.4) is 0 Å². The van der Waals surface area contributed by atoms with E-state index in [2.05, 4.69) is 5.32 Å². The summed E-state index contributed by atoms with van der Waals surface area (Å²) in [6.45, 7) is 3.42. The van der Waals surface area contributed by atoms with E-state index >= 15 is 0 Å². The Bertz CT molecular complexity index is 643. The Hall–Kier alpha value is -2.07. The largest absolute Gasteiger partial charge is 0.481 e. The topological polar surface area (TPSA) is 38.3 Å². The SMILES string of the molecule is Cc1ccc(F)cc1NC(=O)[C@H](C)Oc1ccc(Cl)cc1. The number of carbonyl (C=O) groups excluding carboxylic acids is 1. The van der Waals surface area contributed by atoms with Crippen LogP contribution in [0, 0.1) is 12.7 Å². The van der Waals surface area contributed by atoms with Crippen LogP contribution in [-0.2, 0) is 4.79 Å². The third-order valence-electron chi connectivity index (χ3n) is 2.95. The molecule has 3 nitrogen and oxygen atoms in total. The van der Waals surface area contributed by atoms with Crippen molar-refractivity contribution in [1.29, 1.82) is 0 Å². The Labute approximate surface area is 127 Å². The van der Waals surface area contributed by atoms with Crippen LogP contribution in [0.25, 0.3) is 0 Å². The van der Waals surface area contributed by atoms with Crippen molar-refractivity contribution in [3.63, 3.8) is 0 Å². The van der Waals surface area contributed by atoms with E-state index in [1.165, 1.54) is 12.1 Å². The summed E-state index contributed by atoms with van der Waals surface area (Å²) in [6.07, 6.45) is -0.714. The maximum atomic E-state index is 13.2. The van der Waals surface area contributed by atoms with Crippen LogP contribution in [0.5, 0.6) is 5.75 Å². The standard InChI is InChI=1S/C16H15ClFNO2/c1-10-3-6-13(18)9-15(10)19-16(20)11(2)21-14-7-4-12(17)5-8-14/h3-9,11H,1-2H3,(H,19,20)/t11-/m0/s1. The van der Waals surface area contributed by atoms with Crippen molar-refractivity contribution >= 4 is 23.2 Å². The van der Waals surface area contributed by atoms with Gasteiger partial charge in [-0.25, -0.2) is 4.39 Å². The molecule has 1 N–H and O–H groups in total. The van der Waals surface area contributed by atoms with Crippen LogP contribution in [0.1, 0.15) is 12.5 Å². The molecular weight excluding hydrogens is 293 g/mol. The van der Waals surface area contributed by atoms with Crippen molar-refractivity contribution in [2.45, 2.75) is 20.0 Å². The molecule has 0 bridgehead atoms. The summed E-state index contributed by atoms with van der Waals surface area (Å²) < 4.78 is 18.7. The summed E-state index contributed by atoms with van der Waals surface area (Å²) in [4.78, 5) is 12.1.